The molecule has 1 aliphatic heterocycles. The van der Waals surface area contributed by atoms with Crippen LogP contribution in [-0.4, -0.2) is 23.6 Å². The lowest BCUT2D eigenvalue weighted by Crippen LogP contribution is -2.34. The van der Waals surface area contributed by atoms with E-state index >= 15 is 0 Å². The number of aryl methyl sites for hydroxylation is 1. The summed E-state index contributed by atoms with van der Waals surface area (Å²) in [4.78, 5) is 11.6. The summed E-state index contributed by atoms with van der Waals surface area (Å²) in [6.07, 6.45) is 5.80. The zero-order valence-corrected chi connectivity index (χ0v) is 10.7. The van der Waals surface area contributed by atoms with Crippen LogP contribution in [0.15, 0.2) is 23.1 Å². The molecule has 2 fully saturated rings. The molecule has 4 nitrogen and oxygen atoms in total. The molecule has 0 radical (unpaired) electrons. The van der Waals surface area contributed by atoms with Gasteiger partial charge in [-0.1, -0.05) is 0 Å². The molecule has 0 amide bonds. The van der Waals surface area contributed by atoms with Crippen molar-refractivity contribution < 1.29 is 9.47 Å². The summed E-state index contributed by atoms with van der Waals surface area (Å²) >= 11 is 0. The molecule has 0 N–H and O–H groups in total. The molecule has 2 aliphatic rings. The van der Waals surface area contributed by atoms with Crippen molar-refractivity contribution in [2.75, 3.05) is 13.2 Å². The molecule has 4 heteroatoms. The first kappa shape index (κ1) is 11.9. The quantitative estimate of drug-likeness (QED) is 0.762. The van der Waals surface area contributed by atoms with E-state index in [0.717, 1.165) is 44.5 Å². The Morgan fingerprint density at radius 1 is 1.28 bits per heavy atom. The summed E-state index contributed by atoms with van der Waals surface area (Å²) in [5.74, 6) is 0.160. The fraction of sp³-hybridized carbons (Fsp3) is 0.643. The molecule has 1 spiro atoms. The summed E-state index contributed by atoms with van der Waals surface area (Å²) in [5, 5.41) is 0. The van der Waals surface area contributed by atoms with Crippen molar-refractivity contribution in [3.8, 4) is 0 Å². The van der Waals surface area contributed by atoms with Gasteiger partial charge in [-0.15, -0.1) is 0 Å². The van der Waals surface area contributed by atoms with Gasteiger partial charge in [-0.25, -0.2) is 0 Å². The molecule has 98 valence electrons. The van der Waals surface area contributed by atoms with E-state index < -0.39 is 0 Å². The average Bonchev–Trinajstić information content (AvgIpc) is 2.82. The molecule has 0 unspecified atom stereocenters. The molecule has 0 bridgehead atoms. The highest BCUT2D eigenvalue weighted by atomic mass is 16.7. The Morgan fingerprint density at radius 3 is 2.56 bits per heavy atom. The second-order valence-corrected chi connectivity index (χ2v) is 5.29. The third kappa shape index (κ3) is 2.10. The molecule has 2 heterocycles. The van der Waals surface area contributed by atoms with Crippen LogP contribution in [0.1, 0.15) is 37.2 Å². The van der Waals surface area contributed by atoms with Crippen molar-refractivity contribution in [3.63, 3.8) is 0 Å². The highest BCUT2D eigenvalue weighted by molar-refractivity contribution is 5.17. The molecular formula is C14H19NO3. The number of ether oxygens (including phenoxy) is 2. The molecule has 1 saturated heterocycles. The summed E-state index contributed by atoms with van der Waals surface area (Å²) in [5.41, 5.74) is 1.23. The van der Waals surface area contributed by atoms with Crippen LogP contribution >= 0.6 is 0 Å². The van der Waals surface area contributed by atoms with Crippen LogP contribution in [0.25, 0.3) is 0 Å². The Kier molecular flexibility index (Phi) is 2.99. The van der Waals surface area contributed by atoms with Crippen LogP contribution in [-0.2, 0) is 16.5 Å². The molecule has 3 rings (SSSR count). The van der Waals surface area contributed by atoms with Gasteiger partial charge < -0.3 is 14.0 Å². The molecule has 0 atom stereocenters. The Bertz CT molecular complexity index is 478. The van der Waals surface area contributed by atoms with Gasteiger partial charge in [-0.3, -0.25) is 4.79 Å². The van der Waals surface area contributed by atoms with E-state index in [2.05, 4.69) is 6.07 Å². The van der Waals surface area contributed by atoms with E-state index in [1.807, 2.05) is 6.20 Å². The van der Waals surface area contributed by atoms with Gasteiger partial charge in [0.25, 0.3) is 5.56 Å². The van der Waals surface area contributed by atoms with Gasteiger partial charge in [0.05, 0.1) is 13.2 Å². The van der Waals surface area contributed by atoms with Crippen LogP contribution in [0.5, 0.6) is 0 Å². The van der Waals surface area contributed by atoms with Crippen molar-refractivity contribution in [3.05, 3.63) is 34.2 Å². The van der Waals surface area contributed by atoms with Crippen molar-refractivity contribution in [2.24, 2.45) is 7.05 Å². The minimum atomic E-state index is -0.309. The number of hydrogen-bond donors (Lipinski definition) is 0. The van der Waals surface area contributed by atoms with Crippen LogP contribution in [0.3, 0.4) is 0 Å². The molecule has 1 aromatic heterocycles. The van der Waals surface area contributed by atoms with Gasteiger partial charge in [0.2, 0.25) is 0 Å². The smallest absolute Gasteiger partial charge is 0.250 e. The highest BCUT2D eigenvalue weighted by Crippen LogP contribution is 2.41. The largest absolute Gasteiger partial charge is 0.348 e. The van der Waals surface area contributed by atoms with Gasteiger partial charge in [0.15, 0.2) is 5.79 Å². The fourth-order valence-corrected chi connectivity index (χ4v) is 2.99. The minimum absolute atomic E-state index is 0.0705. The van der Waals surface area contributed by atoms with Crippen molar-refractivity contribution in [2.45, 2.75) is 37.4 Å². The summed E-state index contributed by atoms with van der Waals surface area (Å²) in [6, 6.07) is 3.82. The minimum Gasteiger partial charge on any atom is -0.348 e. The van der Waals surface area contributed by atoms with Gasteiger partial charge in [-0.05, 0) is 30.4 Å². The first-order chi connectivity index (χ1) is 8.69. The zero-order valence-electron chi connectivity index (χ0n) is 10.7. The number of pyridine rings is 1. The second-order valence-electron chi connectivity index (χ2n) is 5.29. The lowest BCUT2D eigenvalue weighted by molar-refractivity contribution is -0.178. The van der Waals surface area contributed by atoms with E-state index in [1.54, 1.807) is 17.7 Å². The maximum Gasteiger partial charge on any atom is 0.250 e. The molecule has 1 aromatic rings. The van der Waals surface area contributed by atoms with Crippen LogP contribution in [0.4, 0.5) is 0 Å². The summed E-state index contributed by atoms with van der Waals surface area (Å²) in [7, 11) is 1.78. The second kappa shape index (κ2) is 4.52. The van der Waals surface area contributed by atoms with Gasteiger partial charge >= 0.3 is 0 Å². The van der Waals surface area contributed by atoms with Gasteiger partial charge in [0.1, 0.15) is 0 Å². The van der Waals surface area contributed by atoms with Crippen molar-refractivity contribution in [1.29, 1.82) is 0 Å². The number of rotatable bonds is 1. The topological polar surface area (TPSA) is 40.5 Å². The highest BCUT2D eigenvalue weighted by Gasteiger charge is 2.40. The van der Waals surface area contributed by atoms with E-state index in [4.69, 9.17) is 9.47 Å². The summed E-state index contributed by atoms with van der Waals surface area (Å²) < 4.78 is 13.0. The predicted octanol–water partition coefficient (Wildman–Crippen LogP) is 1.79. The van der Waals surface area contributed by atoms with Crippen LogP contribution in [0.2, 0.25) is 0 Å². The maximum atomic E-state index is 11.6. The lowest BCUT2D eigenvalue weighted by Gasteiger charge is -2.35. The summed E-state index contributed by atoms with van der Waals surface area (Å²) in [6.45, 7) is 1.44. The van der Waals surface area contributed by atoms with Crippen molar-refractivity contribution in [1.82, 2.24) is 4.57 Å². The fourth-order valence-electron chi connectivity index (χ4n) is 2.99. The Balaban J connectivity index is 1.72. The Hall–Kier alpha value is -1.13. The molecule has 0 aromatic carbocycles. The van der Waals surface area contributed by atoms with E-state index in [0.29, 0.717) is 5.92 Å². The van der Waals surface area contributed by atoms with Crippen LogP contribution in [0, 0.1) is 0 Å². The molecule has 1 aliphatic carbocycles. The number of aromatic nitrogens is 1. The van der Waals surface area contributed by atoms with E-state index in [-0.39, 0.29) is 11.3 Å². The molecule has 18 heavy (non-hydrogen) atoms. The number of hydrogen-bond acceptors (Lipinski definition) is 3. The Morgan fingerprint density at radius 2 is 1.94 bits per heavy atom. The maximum absolute atomic E-state index is 11.6. The third-order valence-corrected chi connectivity index (χ3v) is 4.16. The first-order valence-corrected chi connectivity index (χ1v) is 6.63. The van der Waals surface area contributed by atoms with E-state index in [9.17, 15) is 4.79 Å². The van der Waals surface area contributed by atoms with Gasteiger partial charge in [0, 0.05) is 32.2 Å². The van der Waals surface area contributed by atoms with Crippen LogP contribution < -0.4 is 5.56 Å². The SMILES string of the molecule is Cn1ccc(C2CCC3(CC2)OCCO3)cc1=O. The van der Waals surface area contributed by atoms with E-state index in [1.165, 1.54) is 0 Å². The monoisotopic (exact) mass is 249 g/mol. The number of nitrogens with zero attached hydrogens (tertiary/aromatic N) is 1. The average molecular weight is 249 g/mol. The normalized spacial score (nSPS) is 23.6. The molecular weight excluding hydrogens is 230 g/mol. The van der Waals surface area contributed by atoms with Crippen molar-refractivity contribution >= 4 is 0 Å². The zero-order chi connectivity index (χ0) is 12.6. The molecule has 1 saturated carbocycles. The predicted molar refractivity (Wildman–Crippen MR) is 67.5 cm³/mol. The standard InChI is InChI=1S/C14H19NO3/c1-15-7-4-12(10-13(15)16)11-2-5-14(6-3-11)17-8-9-18-14/h4,7,10-11H,2-3,5-6,8-9H2,1H3. The van der Waals surface area contributed by atoms with Gasteiger partial charge in [-0.2, -0.15) is 0 Å². The lowest BCUT2D eigenvalue weighted by atomic mass is 9.81. The Labute approximate surface area is 107 Å². The third-order valence-electron chi connectivity index (χ3n) is 4.16. The first-order valence-electron chi connectivity index (χ1n) is 6.63.